The second-order valence-electron chi connectivity index (χ2n) is 6.11. The molecule has 0 fully saturated rings. The lowest BCUT2D eigenvalue weighted by Gasteiger charge is -2.31. The summed E-state index contributed by atoms with van der Waals surface area (Å²) < 4.78 is 32.5. The van der Waals surface area contributed by atoms with E-state index in [1.807, 2.05) is 0 Å². The minimum absolute atomic E-state index is 0.0163. The first-order chi connectivity index (χ1) is 12.9. The van der Waals surface area contributed by atoms with E-state index in [9.17, 15) is 23.7 Å². The lowest BCUT2D eigenvalue weighted by atomic mass is 10.0. The lowest BCUT2D eigenvalue weighted by molar-refractivity contribution is -0.384. The molecule has 1 heterocycles. The van der Waals surface area contributed by atoms with Crippen molar-refractivity contribution in [2.24, 2.45) is 0 Å². The summed E-state index contributed by atoms with van der Waals surface area (Å²) in [5.74, 6) is -1.65. The summed E-state index contributed by atoms with van der Waals surface area (Å²) >= 11 is 0. The molecule has 0 saturated heterocycles. The van der Waals surface area contributed by atoms with E-state index in [2.05, 4.69) is 5.32 Å². The van der Waals surface area contributed by atoms with Gasteiger partial charge in [-0.25, -0.2) is 8.78 Å². The van der Waals surface area contributed by atoms with Crippen LogP contribution in [0.25, 0.3) is 0 Å². The highest BCUT2D eigenvalue weighted by Gasteiger charge is 2.25. The average molecular weight is 377 g/mol. The maximum absolute atomic E-state index is 14.2. The van der Waals surface area contributed by atoms with Crippen molar-refractivity contribution in [2.45, 2.75) is 12.8 Å². The average Bonchev–Trinajstić information content (AvgIpc) is 2.61. The molecule has 1 N–H and O–H groups in total. The van der Waals surface area contributed by atoms with Crippen molar-refractivity contribution >= 4 is 23.0 Å². The molecular weight excluding hydrogens is 360 g/mol. The number of nitrogens with zero attached hydrogens (tertiary/aromatic N) is 2. The number of nitro groups is 1. The fourth-order valence-electron chi connectivity index (χ4n) is 3.15. The van der Waals surface area contributed by atoms with Gasteiger partial charge in [0.15, 0.2) is 0 Å². The number of anilines is 2. The number of nitrogens with one attached hydrogen (secondary N) is 1. The number of rotatable bonds is 5. The van der Waals surface area contributed by atoms with Gasteiger partial charge in [0.25, 0.3) is 5.69 Å². The quantitative estimate of drug-likeness (QED) is 0.639. The van der Waals surface area contributed by atoms with E-state index in [0.29, 0.717) is 24.9 Å². The summed E-state index contributed by atoms with van der Waals surface area (Å²) in [5, 5.41) is 13.7. The molecule has 0 radical (unpaired) electrons. The third kappa shape index (κ3) is 3.97. The number of nitro benzene ring substituents is 1. The molecular formula is C18H17F2N3O4. The zero-order valence-electron chi connectivity index (χ0n) is 14.5. The Bertz CT molecular complexity index is 904. The number of carbonyl (C=O) groups excluding carboxylic acids is 1. The summed E-state index contributed by atoms with van der Waals surface area (Å²) in [7, 11) is 1.38. The molecule has 0 atom stereocenters. The molecule has 0 saturated carbocycles. The van der Waals surface area contributed by atoms with Crippen molar-refractivity contribution in [3.05, 3.63) is 57.6 Å². The van der Waals surface area contributed by atoms with Gasteiger partial charge < -0.3 is 15.0 Å². The van der Waals surface area contributed by atoms with Gasteiger partial charge in [-0.3, -0.25) is 14.9 Å². The van der Waals surface area contributed by atoms with Crippen LogP contribution in [0.4, 0.5) is 25.8 Å². The van der Waals surface area contributed by atoms with Crippen molar-refractivity contribution in [3.8, 4) is 5.75 Å². The molecule has 27 heavy (non-hydrogen) atoms. The molecule has 7 nitrogen and oxygen atoms in total. The highest BCUT2D eigenvalue weighted by atomic mass is 19.1. The van der Waals surface area contributed by atoms with Gasteiger partial charge in [0.1, 0.15) is 23.1 Å². The molecule has 0 unspecified atom stereocenters. The number of hydrogen-bond donors (Lipinski definition) is 1. The number of ether oxygens (including phenoxy) is 1. The molecule has 0 bridgehead atoms. The van der Waals surface area contributed by atoms with Crippen LogP contribution in [0.5, 0.6) is 5.75 Å². The Morgan fingerprint density at radius 2 is 2.11 bits per heavy atom. The highest BCUT2D eigenvalue weighted by molar-refractivity contribution is 5.96. The fourth-order valence-corrected chi connectivity index (χ4v) is 3.15. The molecule has 1 aliphatic rings. The number of halogens is 2. The minimum Gasteiger partial charge on any atom is -0.496 e. The largest absolute Gasteiger partial charge is 0.496 e. The Balaban J connectivity index is 1.80. The third-order valence-electron chi connectivity index (χ3n) is 4.31. The molecule has 2 aromatic rings. The van der Waals surface area contributed by atoms with Gasteiger partial charge in [0, 0.05) is 12.6 Å². The second kappa shape index (κ2) is 7.56. The molecule has 0 aliphatic carbocycles. The van der Waals surface area contributed by atoms with Crippen LogP contribution < -0.4 is 15.0 Å². The van der Waals surface area contributed by atoms with Crippen LogP contribution in [0.2, 0.25) is 0 Å². The van der Waals surface area contributed by atoms with Crippen molar-refractivity contribution in [2.75, 3.05) is 30.4 Å². The van der Waals surface area contributed by atoms with Crippen LogP contribution in [0.3, 0.4) is 0 Å². The Morgan fingerprint density at radius 1 is 1.33 bits per heavy atom. The molecule has 0 spiro atoms. The van der Waals surface area contributed by atoms with E-state index >= 15 is 0 Å². The Hall–Kier alpha value is -3.23. The van der Waals surface area contributed by atoms with Crippen molar-refractivity contribution < 1.29 is 23.2 Å². The van der Waals surface area contributed by atoms with Gasteiger partial charge in [-0.15, -0.1) is 0 Å². The third-order valence-corrected chi connectivity index (χ3v) is 4.31. The number of amides is 1. The maximum Gasteiger partial charge on any atom is 0.296 e. The molecule has 1 aliphatic heterocycles. The Morgan fingerprint density at radius 3 is 2.81 bits per heavy atom. The molecule has 142 valence electrons. The summed E-state index contributed by atoms with van der Waals surface area (Å²) in [6.45, 7) is 0.215. The first-order valence-electron chi connectivity index (χ1n) is 8.24. The first kappa shape index (κ1) is 18.6. The number of hydrogen-bond acceptors (Lipinski definition) is 5. The molecule has 3 rings (SSSR count). The van der Waals surface area contributed by atoms with Crippen molar-refractivity contribution in [3.63, 3.8) is 0 Å². The normalized spacial score (nSPS) is 13.1. The molecule has 1 amide bonds. The number of benzene rings is 2. The van der Waals surface area contributed by atoms with Crippen LogP contribution in [-0.4, -0.2) is 31.0 Å². The number of methoxy groups -OCH3 is 1. The number of fused-ring (bicyclic) bond motifs is 1. The van der Waals surface area contributed by atoms with Crippen LogP contribution in [0.15, 0.2) is 30.3 Å². The van der Waals surface area contributed by atoms with Gasteiger partial charge in [-0.1, -0.05) is 0 Å². The second-order valence-corrected chi connectivity index (χ2v) is 6.11. The summed E-state index contributed by atoms with van der Waals surface area (Å²) in [6.07, 6.45) is 1.16. The lowest BCUT2D eigenvalue weighted by Crippen LogP contribution is -2.37. The van der Waals surface area contributed by atoms with Gasteiger partial charge in [0.2, 0.25) is 5.91 Å². The van der Waals surface area contributed by atoms with Gasteiger partial charge in [0.05, 0.1) is 30.3 Å². The fraction of sp³-hybridized carbons (Fsp3) is 0.278. The monoisotopic (exact) mass is 377 g/mol. The van der Waals surface area contributed by atoms with Crippen molar-refractivity contribution in [1.29, 1.82) is 0 Å². The summed E-state index contributed by atoms with van der Waals surface area (Å²) in [4.78, 5) is 24.5. The molecule has 2 aromatic carbocycles. The van der Waals surface area contributed by atoms with E-state index in [1.54, 1.807) is 0 Å². The van der Waals surface area contributed by atoms with Crippen molar-refractivity contribution in [1.82, 2.24) is 0 Å². The predicted molar refractivity (Wildman–Crippen MR) is 95.2 cm³/mol. The van der Waals surface area contributed by atoms with E-state index < -0.39 is 22.5 Å². The minimum atomic E-state index is -0.729. The smallest absolute Gasteiger partial charge is 0.296 e. The van der Waals surface area contributed by atoms with Crippen LogP contribution in [-0.2, 0) is 11.2 Å². The molecule has 0 aromatic heterocycles. The number of carbonyl (C=O) groups is 1. The SMILES string of the molecule is COc1ccc(NC(=O)CN2CCCc3cc(F)cc(F)c32)c([N+](=O)[O-])c1. The van der Waals surface area contributed by atoms with E-state index in [4.69, 9.17) is 4.74 Å². The Kier molecular flexibility index (Phi) is 5.20. The van der Waals surface area contributed by atoms with Crippen LogP contribution in [0, 0.1) is 21.7 Å². The highest BCUT2D eigenvalue weighted by Crippen LogP contribution is 2.32. The zero-order valence-corrected chi connectivity index (χ0v) is 14.5. The predicted octanol–water partition coefficient (Wildman–Crippen LogP) is 3.27. The maximum atomic E-state index is 14.2. The van der Waals surface area contributed by atoms with Crippen LogP contribution in [0.1, 0.15) is 12.0 Å². The van der Waals surface area contributed by atoms with Gasteiger partial charge in [-0.2, -0.15) is 0 Å². The van der Waals surface area contributed by atoms with E-state index in [-0.39, 0.29) is 29.4 Å². The Labute approximate surface area is 153 Å². The summed E-state index contributed by atoms with van der Waals surface area (Å²) in [6, 6.07) is 6.10. The van der Waals surface area contributed by atoms with E-state index in [1.165, 1.54) is 36.3 Å². The van der Waals surface area contributed by atoms with E-state index in [0.717, 1.165) is 6.07 Å². The standard InChI is InChI=1S/C18H17F2N3O4/c1-27-13-4-5-15(16(9-13)23(25)26)21-17(24)10-22-6-2-3-11-7-12(19)8-14(20)18(11)22/h4-5,7-9H,2-3,6,10H2,1H3,(H,21,24). The zero-order chi connectivity index (χ0) is 19.6. The topological polar surface area (TPSA) is 84.7 Å². The van der Waals surface area contributed by atoms with Gasteiger partial charge in [-0.05, 0) is 36.6 Å². The van der Waals surface area contributed by atoms with Crippen LogP contribution >= 0.6 is 0 Å². The molecule has 9 heteroatoms. The first-order valence-corrected chi connectivity index (χ1v) is 8.24. The number of aryl methyl sites for hydroxylation is 1. The van der Waals surface area contributed by atoms with Gasteiger partial charge >= 0.3 is 0 Å². The summed E-state index contributed by atoms with van der Waals surface area (Å²) in [5.41, 5.74) is 0.404.